The molecular weight excluding hydrogens is 345 g/mol. The Morgan fingerprint density at radius 1 is 1.12 bits per heavy atom. The molecule has 0 bridgehead atoms. The van der Waals surface area contributed by atoms with E-state index in [4.69, 9.17) is 16.3 Å². The zero-order valence-corrected chi connectivity index (χ0v) is 14.9. The van der Waals surface area contributed by atoms with Crippen molar-refractivity contribution in [3.05, 3.63) is 64.4 Å². The van der Waals surface area contributed by atoms with Crippen LogP contribution in [0.3, 0.4) is 0 Å². The number of rotatable bonds is 5. The van der Waals surface area contributed by atoms with Crippen molar-refractivity contribution in [1.82, 2.24) is 0 Å². The average molecular weight is 364 g/mol. The largest absolute Gasteiger partial charge is 0.449 e. The lowest BCUT2D eigenvalue weighted by Crippen LogP contribution is -2.30. The van der Waals surface area contributed by atoms with E-state index in [0.29, 0.717) is 5.69 Å². The van der Waals surface area contributed by atoms with Gasteiger partial charge in [0.2, 0.25) is 0 Å². The zero-order valence-electron chi connectivity index (χ0n) is 14.2. The van der Waals surface area contributed by atoms with Crippen molar-refractivity contribution in [2.24, 2.45) is 0 Å². The van der Waals surface area contributed by atoms with Crippen LogP contribution in [0.15, 0.2) is 42.5 Å². The van der Waals surface area contributed by atoms with Crippen LogP contribution in [0.2, 0.25) is 5.02 Å². The maximum atomic E-state index is 13.7. The van der Waals surface area contributed by atoms with E-state index in [1.807, 2.05) is 26.0 Å². The normalized spacial score (nSPS) is 11.9. The molecule has 1 amide bonds. The molecular formula is C19H19ClFNO3. The molecule has 2 rings (SSSR count). The summed E-state index contributed by atoms with van der Waals surface area (Å²) in [5.74, 6) is -1.98. The fourth-order valence-electron chi connectivity index (χ4n) is 2.28. The standard InChI is InChI=1S/C19H19ClFNO3/c1-11(2)14-6-4-5-7-17(14)22-18(23)12(3)25-19(24)15-10-13(20)8-9-16(15)21/h4-12H,1-3H3,(H,22,23)/t12-/m0/s1. The lowest BCUT2D eigenvalue weighted by Gasteiger charge is -2.17. The Morgan fingerprint density at radius 2 is 1.80 bits per heavy atom. The monoisotopic (exact) mass is 363 g/mol. The summed E-state index contributed by atoms with van der Waals surface area (Å²) in [5.41, 5.74) is 1.31. The van der Waals surface area contributed by atoms with E-state index >= 15 is 0 Å². The molecule has 1 atom stereocenters. The Balaban J connectivity index is 2.08. The van der Waals surface area contributed by atoms with Gasteiger partial charge in [0.1, 0.15) is 5.82 Å². The van der Waals surface area contributed by atoms with Gasteiger partial charge in [-0.25, -0.2) is 9.18 Å². The molecule has 0 aromatic heterocycles. The molecule has 132 valence electrons. The van der Waals surface area contributed by atoms with E-state index in [9.17, 15) is 14.0 Å². The first kappa shape index (κ1) is 18.9. The Labute approximate surface area is 150 Å². The molecule has 0 saturated heterocycles. The van der Waals surface area contributed by atoms with Gasteiger partial charge in [0.25, 0.3) is 5.91 Å². The smallest absolute Gasteiger partial charge is 0.341 e. The number of benzene rings is 2. The molecule has 25 heavy (non-hydrogen) atoms. The van der Waals surface area contributed by atoms with E-state index in [2.05, 4.69) is 5.32 Å². The molecule has 0 unspecified atom stereocenters. The summed E-state index contributed by atoms with van der Waals surface area (Å²) in [5, 5.41) is 2.94. The van der Waals surface area contributed by atoms with Crippen LogP contribution < -0.4 is 5.32 Å². The Hall–Kier alpha value is -2.40. The molecule has 4 nitrogen and oxygen atoms in total. The molecule has 0 aliphatic carbocycles. The van der Waals surface area contributed by atoms with Gasteiger partial charge in [-0.2, -0.15) is 0 Å². The molecule has 0 saturated carbocycles. The number of anilines is 1. The van der Waals surface area contributed by atoms with Crippen LogP contribution in [0.5, 0.6) is 0 Å². The van der Waals surface area contributed by atoms with Gasteiger partial charge in [-0.1, -0.05) is 43.6 Å². The number of hydrogen-bond donors (Lipinski definition) is 1. The van der Waals surface area contributed by atoms with Crippen molar-refractivity contribution in [2.75, 3.05) is 5.32 Å². The average Bonchev–Trinajstić information content (AvgIpc) is 2.57. The van der Waals surface area contributed by atoms with Gasteiger partial charge < -0.3 is 10.1 Å². The highest BCUT2D eigenvalue weighted by Gasteiger charge is 2.22. The fraction of sp³-hybridized carbons (Fsp3) is 0.263. The molecule has 0 radical (unpaired) electrons. The van der Waals surface area contributed by atoms with Gasteiger partial charge in [0.15, 0.2) is 6.10 Å². The van der Waals surface area contributed by atoms with Gasteiger partial charge in [-0.05, 0) is 42.7 Å². The molecule has 1 N–H and O–H groups in total. The number of para-hydroxylation sites is 1. The number of esters is 1. The molecule has 2 aromatic rings. The summed E-state index contributed by atoms with van der Waals surface area (Å²) in [7, 11) is 0. The minimum absolute atomic E-state index is 0.205. The maximum absolute atomic E-state index is 13.7. The van der Waals surface area contributed by atoms with Crippen molar-refractivity contribution in [2.45, 2.75) is 32.8 Å². The summed E-state index contributed by atoms with van der Waals surface area (Å²) in [6, 6.07) is 10.9. The molecule has 0 aliphatic rings. The highest BCUT2D eigenvalue weighted by Crippen LogP contribution is 2.24. The second-order valence-electron chi connectivity index (χ2n) is 5.90. The van der Waals surface area contributed by atoms with E-state index in [1.54, 1.807) is 12.1 Å². The highest BCUT2D eigenvalue weighted by molar-refractivity contribution is 6.30. The summed E-state index contributed by atoms with van der Waals surface area (Å²) >= 11 is 5.76. The lowest BCUT2D eigenvalue weighted by molar-refractivity contribution is -0.123. The molecule has 0 heterocycles. The Morgan fingerprint density at radius 3 is 2.48 bits per heavy atom. The fourth-order valence-corrected chi connectivity index (χ4v) is 2.45. The molecule has 0 fully saturated rings. The minimum atomic E-state index is -1.09. The third-order valence-corrected chi connectivity index (χ3v) is 3.88. The molecule has 0 aliphatic heterocycles. The van der Waals surface area contributed by atoms with Gasteiger partial charge in [0.05, 0.1) is 5.56 Å². The zero-order chi connectivity index (χ0) is 18.6. The van der Waals surface area contributed by atoms with E-state index in [-0.39, 0.29) is 16.5 Å². The van der Waals surface area contributed by atoms with Crippen molar-refractivity contribution in [3.63, 3.8) is 0 Å². The molecule has 6 heteroatoms. The number of carbonyl (C=O) groups excluding carboxylic acids is 2. The number of halogens is 2. The quantitative estimate of drug-likeness (QED) is 0.777. The first-order valence-corrected chi connectivity index (χ1v) is 8.23. The number of ether oxygens (including phenoxy) is 1. The summed E-state index contributed by atoms with van der Waals surface area (Å²) in [4.78, 5) is 24.4. The van der Waals surface area contributed by atoms with Crippen molar-refractivity contribution in [3.8, 4) is 0 Å². The van der Waals surface area contributed by atoms with Crippen molar-refractivity contribution >= 4 is 29.2 Å². The first-order valence-electron chi connectivity index (χ1n) is 7.85. The van der Waals surface area contributed by atoms with Gasteiger partial charge in [-0.15, -0.1) is 0 Å². The van der Waals surface area contributed by atoms with Crippen LogP contribution in [-0.4, -0.2) is 18.0 Å². The second kappa shape index (κ2) is 8.12. The minimum Gasteiger partial charge on any atom is -0.449 e. The van der Waals surface area contributed by atoms with Crippen molar-refractivity contribution in [1.29, 1.82) is 0 Å². The highest BCUT2D eigenvalue weighted by atomic mass is 35.5. The van der Waals surface area contributed by atoms with Crippen LogP contribution in [0.25, 0.3) is 0 Å². The van der Waals surface area contributed by atoms with Gasteiger partial charge in [-0.3, -0.25) is 4.79 Å². The Kier molecular flexibility index (Phi) is 6.15. The van der Waals surface area contributed by atoms with Crippen LogP contribution in [0.4, 0.5) is 10.1 Å². The van der Waals surface area contributed by atoms with E-state index in [0.717, 1.165) is 17.7 Å². The maximum Gasteiger partial charge on any atom is 0.341 e. The van der Waals surface area contributed by atoms with Crippen LogP contribution in [-0.2, 0) is 9.53 Å². The topological polar surface area (TPSA) is 55.4 Å². The number of nitrogens with one attached hydrogen (secondary N) is 1. The summed E-state index contributed by atoms with van der Waals surface area (Å²) in [6.07, 6.45) is -1.09. The predicted molar refractivity (Wildman–Crippen MR) is 95.4 cm³/mol. The molecule has 2 aromatic carbocycles. The first-order chi connectivity index (χ1) is 11.8. The van der Waals surface area contributed by atoms with Gasteiger partial charge in [0, 0.05) is 10.7 Å². The van der Waals surface area contributed by atoms with Crippen LogP contribution >= 0.6 is 11.6 Å². The predicted octanol–water partition coefficient (Wildman–Crippen LogP) is 4.79. The Bertz CT molecular complexity index is 792. The number of carbonyl (C=O) groups is 2. The lowest BCUT2D eigenvalue weighted by atomic mass is 10.0. The SMILES string of the molecule is CC(C)c1ccccc1NC(=O)[C@H](C)OC(=O)c1cc(Cl)ccc1F. The number of amides is 1. The van der Waals surface area contributed by atoms with Crippen LogP contribution in [0, 0.1) is 5.82 Å². The third-order valence-electron chi connectivity index (χ3n) is 3.64. The van der Waals surface area contributed by atoms with Crippen LogP contribution in [0.1, 0.15) is 42.6 Å². The van der Waals surface area contributed by atoms with E-state index in [1.165, 1.54) is 13.0 Å². The number of hydrogen-bond acceptors (Lipinski definition) is 3. The summed E-state index contributed by atoms with van der Waals surface area (Å²) < 4.78 is 18.8. The second-order valence-corrected chi connectivity index (χ2v) is 6.34. The third kappa shape index (κ3) is 4.79. The van der Waals surface area contributed by atoms with Crippen molar-refractivity contribution < 1.29 is 18.7 Å². The summed E-state index contributed by atoms with van der Waals surface area (Å²) in [6.45, 7) is 5.44. The molecule has 0 spiro atoms. The van der Waals surface area contributed by atoms with Gasteiger partial charge >= 0.3 is 5.97 Å². The van der Waals surface area contributed by atoms with E-state index < -0.39 is 23.8 Å².